The Morgan fingerprint density at radius 3 is 2.77 bits per heavy atom. The van der Waals surface area contributed by atoms with Gasteiger partial charge in [0.05, 0.1) is 24.1 Å². The minimum absolute atomic E-state index is 0. The van der Waals surface area contributed by atoms with Crippen molar-refractivity contribution < 1.29 is 9.18 Å². The summed E-state index contributed by atoms with van der Waals surface area (Å²) in [5.74, 6) is 0.00729. The lowest BCUT2D eigenvalue weighted by molar-refractivity contribution is 0.0517. The summed E-state index contributed by atoms with van der Waals surface area (Å²) in [5.41, 5.74) is 7.15. The Kier molecular flexibility index (Phi) is 6.14. The summed E-state index contributed by atoms with van der Waals surface area (Å²) in [7, 11) is 0. The molecular weight excluding hydrogens is 307 g/mol. The van der Waals surface area contributed by atoms with Crippen LogP contribution in [0, 0.1) is 0 Å². The summed E-state index contributed by atoms with van der Waals surface area (Å²) >= 11 is 0. The van der Waals surface area contributed by atoms with Gasteiger partial charge in [-0.1, -0.05) is 6.92 Å². The molecule has 0 bridgehead atoms. The van der Waals surface area contributed by atoms with Crippen molar-refractivity contribution in [1.29, 1.82) is 0 Å². The second-order valence-electron chi connectivity index (χ2n) is 6.03. The normalized spacial score (nSPS) is 15.6. The number of nitrogens with two attached hydrogens (primary N) is 1. The zero-order valence-corrected chi connectivity index (χ0v) is 14.1. The molecule has 22 heavy (non-hydrogen) atoms. The van der Waals surface area contributed by atoms with E-state index in [9.17, 15) is 9.18 Å². The lowest BCUT2D eigenvalue weighted by Crippen LogP contribution is -2.50. The van der Waals surface area contributed by atoms with Crippen molar-refractivity contribution in [3.8, 4) is 0 Å². The van der Waals surface area contributed by atoms with Crippen LogP contribution < -0.4 is 5.73 Å². The summed E-state index contributed by atoms with van der Waals surface area (Å²) in [6.45, 7) is 7.31. The van der Waals surface area contributed by atoms with E-state index in [1.165, 1.54) is 0 Å². The first-order valence-corrected chi connectivity index (χ1v) is 7.29. The van der Waals surface area contributed by atoms with Gasteiger partial charge >= 0.3 is 0 Å². The fraction of sp³-hybridized carbons (Fsp3) is 0.600. The fourth-order valence-electron chi connectivity index (χ4n) is 2.49. The molecule has 2 heterocycles. The van der Waals surface area contributed by atoms with Crippen LogP contribution in [0.1, 0.15) is 43.2 Å². The molecule has 0 unspecified atom stereocenters. The maximum Gasteiger partial charge on any atom is 0.257 e. The van der Waals surface area contributed by atoms with Crippen LogP contribution in [0.5, 0.6) is 0 Å². The number of halogens is 2. The van der Waals surface area contributed by atoms with Crippen LogP contribution >= 0.6 is 12.4 Å². The van der Waals surface area contributed by atoms with Gasteiger partial charge in [-0.05, 0) is 25.8 Å². The lowest BCUT2D eigenvalue weighted by atomic mass is 9.95. The summed E-state index contributed by atoms with van der Waals surface area (Å²) < 4.78 is 14.2. The molecule has 1 amide bonds. The van der Waals surface area contributed by atoms with Gasteiger partial charge in [-0.25, -0.2) is 4.39 Å². The van der Waals surface area contributed by atoms with Crippen LogP contribution in [-0.2, 0) is 13.0 Å². The average molecular weight is 331 g/mol. The van der Waals surface area contributed by atoms with Crippen LogP contribution in [0.3, 0.4) is 0 Å². The number of hydrogen-bond acceptors (Lipinski definition) is 3. The second kappa shape index (κ2) is 7.24. The predicted octanol–water partition coefficient (Wildman–Crippen LogP) is 2.30. The van der Waals surface area contributed by atoms with E-state index in [2.05, 4.69) is 25.9 Å². The molecule has 124 valence electrons. The Hall–Kier alpha value is -1.40. The molecule has 0 atom stereocenters. The fourth-order valence-corrected chi connectivity index (χ4v) is 2.49. The second-order valence-corrected chi connectivity index (χ2v) is 6.03. The van der Waals surface area contributed by atoms with Gasteiger partial charge in [0.25, 0.3) is 5.91 Å². The third kappa shape index (κ3) is 3.50. The van der Waals surface area contributed by atoms with E-state index in [1.54, 1.807) is 10.9 Å². The molecule has 1 aromatic rings. The van der Waals surface area contributed by atoms with E-state index in [0.717, 1.165) is 18.5 Å². The Morgan fingerprint density at radius 2 is 2.23 bits per heavy atom. The Balaban J connectivity index is 0.00000242. The highest BCUT2D eigenvalue weighted by Gasteiger charge is 2.35. The summed E-state index contributed by atoms with van der Waals surface area (Å²) in [5, 5.41) is 4.39. The number of carbonyl (C=O) groups excluding carboxylic acids is 1. The molecule has 1 aliphatic rings. The van der Waals surface area contributed by atoms with Crippen molar-refractivity contribution in [2.75, 3.05) is 13.1 Å². The number of rotatable bonds is 5. The first-order chi connectivity index (χ1) is 9.92. The van der Waals surface area contributed by atoms with Crippen LogP contribution in [0.25, 0.3) is 0 Å². The highest BCUT2D eigenvalue weighted by atomic mass is 35.5. The third-order valence-electron chi connectivity index (χ3n) is 4.26. The first-order valence-electron chi connectivity index (χ1n) is 7.29. The largest absolute Gasteiger partial charge is 0.333 e. The summed E-state index contributed by atoms with van der Waals surface area (Å²) in [6.07, 6.45) is 3.84. The third-order valence-corrected chi connectivity index (χ3v) is 4.26. The number of hydrogen-bond donors (Lipinski definition) is 1. The molecule has 0 aromatic carbocycles. The molecule has 0 radical (unpaired) electrons. The molecule has 1 aliphatic heterocycles. The monoisotopic (exact) mass is 330 g/mol. The summed E-state index contributed by atoms with van der Waals surface area (Å²) in [4.78, 5) is 14.5. The van der Waals surface area contributed by atoms with E-state index in [4.69, 9.17) is 5.73 Å². The van der Waals surface area contributed by atoms with Gasteiger partial charge in [-0.2, -0.15) is 5.10 Å². The molecule has 0 saturated heterocycles. The number of aromatic nitrogens is 2. The summed E-state index contributed by atoms with van der Waals surface area (Å²) in [6, 6.07) is 0. The first kappa shape index (κ1) is 18.6. The number of nitrogens with zero attached hydrogens (tertiary/aromatic N) is 3. The molecule has 2 N–H and O–H groups in total. The molecule has 0 aliphatic carbocycles. The van der Waals surface area contributed by atoms with Gasteiger partial charge in [0, 0.05) is 31.2 Å². The van der Waals surface area contributed by atoms with E-state index in [1.807, 2.05) is 4.90 Å². The minimum atomic E-state index is -0.169. The SMILES string of the molecule is CCC(C)(C)N1CCc2nn(C/C(=C/F)CN)cc2C1=O.Cl. The van der Waals surface area contributed by atoms with E-state index in [0.29, 0.717) is 24.0 Å². The minimum Gasteiger partial charge on any atom is -0.333 e. The molecule has 1 aromatic heterocycles. The number of fused-ring (bicyclic) bond motifs is 1. The number of carbonyl (C=O) groups is 1. The van der Waals surface area contributed by atoms with E-state index >= 15 is 0 Å². The zero-order valence-electron chi connectivity index (χ0n) is 13.3. The van der Waals surface area contributed by atoms with Crippen molar-refractivity contribution in [1.82, 2.24) is 14.7 Å². The lowest BCUT2D eigenvalue weighted by Gasteiger charge is -2.40. The molecule has 7 heteroatoms. The quantitative estimate of drug-likeness (QED) is 0.901. The topological polar surface area (TPSA) is 64.2 Å². The number of amides is 1. The van der Waals surface area contributed by atoms with Crippen molar-refractivity contribution in [2.24, 2.45) is 5.73 Å². The van der Waals surface area contributed by atoms with Crippen LogP contribution in [0.4, 0.5) is 4.39 Å². The maximum absolute atomic E-state index is 12.6. The van der Waals surface area contributed by atoms with Crippen molar-refractivity contribution in [3.05, 3.63) is 29.4 Å². The van der Waals surface area contributed by atoms with Crippen LogP contribution in [-0.4, -0.2) is 39.2 Å². The Morgan fingerprint density at radius 1 is 1.55 bits per heavy atom. The van der Waals surface area contributed by atoms with Gasteiger partial charge in [0.1, 0.15) is 0 Å². The standard InChI is InChI=1S/C15H23FN4O.ClH/c1-4-15(2,3)20-6-5-13-12(14(20)21)10-19(18-13)9-11(7-16)8-17;/h7,10H,4-6,8-9,17H2,1-3H3;1H/b11-7+;. The van der Waals surface area contributed by atoms with Gasteiger partial charge in [-0.3, -0.25) is 9.48 Å². The molecule has 0 spiro atoms. The molecule has 0 saturated carbocycles. The highest BCUT2D eigenvalue weighted by Crippen LogP contribution is 2.26. The molecule has 5 nitrogen and oxygen atoms in total. The van der Waals surface area contributed by atoms with Crippen molar-refractivity contribution in [2.45, 2.75) is 45.7 Å². The van der Waals surface area contributed by atoms with Gasteiger partial charge in [0.2, 0.25) is 0 Å². The molecule has 2 rings (SSSR count). The van der Waals surface area contributed by atoms with Crippen LogP contribution in [0.2, 0.25) is 0 Å². The van der Waals surface area contributed by atoms with Crippen LogP contribution in [0.15, 0.2) is 18.1 Å². The average Bonchev–Trinajstić information content (AvgIpc) is 2.88. The van der Waals surface area contributed by atoms with E-state index in [-0.39, 0.29) is 36.9 Å². The van der Waals surface area contributed by atoms with Gasteiger partial charge < -0.3 is 10.6 Å². The highest BCUT2D eigenvalue weighted by molar-refractivity contribution is 5.96. The zero-order chi connectivity index (χ0) is 15.6. The van der Waals surface area contributed by atoms with E-state index < -0.39 is 0 Å². The maximum atomic E-state index is 12.6. The molecular formula is C15H24ClFN4O. The predicted molar refractivity (Wildman–Crippen MR) is 86.8 cm³/mol. The smallest absolute Gasteiger partial charge is 0.257 e. The van der Waals surface area contributed by atoms with Gasteiger partial charge in [0.15, 0.2) is 0 Å². The van der Waals surface area contributed by atoms with Crippen molar-refractivity contribution in [3.63, 3.8) is 0 Å². The van der Waals surface area contributed by atoms with Crippen molar-refractivity contribution >= 4 is 18.3 Å². The Bertz CT molecular complexity index is 568. The van der Waals surface area contributed by atoms with Gasteiger partial charge in [-0.15, -0.1) is 12.4 Å². The molecule has 0 fully saturated rings. The Labute approximate surface area is 136 Å².